The molecule has 1 saturated heterocycles. The largest absolute Gasteiger partial charge is 0.508 e. The summed E-state index contributed by atoms with van der Waals surface area (Å²) in [4.78, 5) is 15.6. The average Bonchev–Trinajstić information content (AvgIpc) is 3.43. The maximum atomic E-state index is 13.0. The quantitative estimate of drug-likeness (QED) is 0.603. The van der Waals surface area contributed by atoms with Gasteiger partial charge in [0, 0.05) is 24.2 Å². The van der Waals surface area contributed by atoms with Crippen molar-refractivity contribution < 1.29 is 15.0 Å². The summed E-state index contributed by atoms with van der Waals surface area (Å²) in [6.07, 6.45) is 6.59. The second-order valence-electron chi connectivity index (χ2n) is 10.1. The molecule has 33 heavy (non-hydrogen) atoms. The van der Waals surface area contributed by atoms with Gasteiger partial charge < -0.3 is 20.4 Å². The van der Waals surface area contributed by atoms with Gasteiger partial charge in [-0.05, 0) is 83.0 Å². The summed E-state index contributed by atoms with van der Waals surface area (Å²) in [7, 11) is 0. The number of nitrogens with one attached hydrogen (secondary N) is 1. The molecule has 0 spiro atoms. The second-order valence-corrected chi connectivity index (χ2v) is 10.1. The predicted molar refractivity (Wildman–Crippen MR) is 128 cm³/mol. The minimum Gasteiger partial charge on any atom is -0.508 e. The summed E-state index contributed by atoms with van der Waals surface area (Å²) in [5.41, 5.74) is 1.22. The summed E-state index contributed by atoms with van der Waals surface area (Å²) < 4.78 is 1.92. The van der Waals surface area contributed by atoms with E-state index in [9.17, 15) is 15.0 Å². The SMILES string of the molecule is CC(C)NC(=O)c1nnc(-c2cc(C(C)C)c(O)cc2O)n1C1CCC(N2CCCC2)CC1. The summed E-state index contributed by atoms with van der Waals surface area (Å²) in [5.74, 6) is 0.566. The number of phenolic OH excluding ortho intramolecular Hbond substituents is 2. The number of carbonyl (C=O) groups excluding carboxylic acids is 1. The number of hydrogen-bond acceptors (Lipinski definition) is 6. The Morgan fingerprint density at radius 1 is 0.970 bits per heavy atom. The molecule has 0 atom stereocenters. The van der Waals surface area contributed by atoms with Crippen LogP contribution in [0.4, 0.5) is 0 Å². The lowest BCUT2D eigenvalue weighted by atomic mass is 9.89. The molecule has 1 amide bonds. The Morgan fingerprint density at radius 3 is 2.21 bits per heavy atom. The molecule has 2 aromatic rings. The zero-order valence-electron chi connectivity index (χ0n) is 20.2. The van der Waals surface area contributed by atoms with Crippen LogP contribution >= 0.6 is 0 Å². The van der Waals surface area contributed by atoms with E-state index in [2.05, 4.69) is 20.4 Å². The molecule has 8 nitrogen and oxygen atoms in total. The fourth-order valence-electron chi connectivity index (χ4n) is 5.33. The number of amides is 1. The molecule has 1 saturated carbocycles. The van der Waals surface area contributed by atoms with Crippen LogP contribution < -0.4 is 5.32 Å². The van der Waals surface area contributed by atoms with E-state index in [1.54, 1.807) is 6.07 Å². The van der Waals surface area contributed by atoms with Crippen molar-refractivity contribution in [2.75, 3.05) is 13.1 Å². The second kappa shape index (κ2) is 9.71. The highest BCUT2D eigenvalue weighted by molar-refractivity contribution is 5.91. The van der Waals surface area contributed by atoms with E-state index in [4.69, 9.17) is 0 Å². The Hall–Kier alpha value is -2.61. The lowest BCUT2D eigenvalue weighted by molar-refractivity contribution is 0.0920. The Morgan fingerprint density at radius 2 is 1.61 bits per heavy atom. The zero-order chi connectivity index (χ0) is 23.7. The highest BCUT2D eigenvalue weighted by atomic mass is 16.3. The highest BCUT2D eigenvalue weighted by Gasteiger charge is 2.33. The minimum atomic E-state index is -0.257. The number of benzene rings is 1. The van der Waals surface area contributed by atoms with Gasteiger partial charge in [0.2, 0.25) is 5.82 Å². The molecule has 0 bridgehead atoms. The van der Waals surface area contributed by atoms with Gasteiger partial charge >= 0.3 is 0 Å². The van der Waals surface area contributed by atoms with Gasteiger partial charge in [-0.3, -0.25) is 9.36 Å². The molecule has 2 fully saturated rings. The van der Waals surface area contributed by atoms with Gasteiger partial charge in [-0.15, -0.1) is 10.2 Å². The number of carbonyl (C=O) groups is 1. The molecule has 180 valence electrons. The molecule has 3 N–H and O–H groups in total. The van der Waals surface area contributed by atoms with Crippen molar-refractivity contribution in [1.82, 2.24) is 25.0 Å². The van der Waals surface area contributed by atoms with Crippen LogP contribution in [0.15, 0.2) is 12.1 Å². The van der Waals surface area contributed by atoms with Gasteiger partial charge in [0.1, 0.15) is 11.5 Å². The smallest absolute Gasteiger partial charge is 0.289 e. The Kier molecular flexibility index (Phi) is 6.93. The van der Waals surface area contributed by atoms with Crippen LogP contribution in [0.3, 0.4) is 0 Å². The molecule has 8 heteroatoms. The van der Waals surface area contributed by atoms with E-state index in [-0.39, 0.29) is 41.2 Å². The highest BCUT2D eigenvalue weighted by Crippen LogP contribution is 2.40. The number of aromatic nitrogens is 3. The van der Waals surface area contributed by atoms with E-state index in [1.807, 2.05) is 32.3 Å². The molecule has 2 heterocycles. The first kappa shape index (κ1) is 23.5. The van der Waals surface area contributed by atoms with Crippen molar-refractivity contribution in [3.05, 3.63) is 23.5 Å². The number of nitrogens with zero attached hydrogens (tertiary/aromatic N) is 4. The van der Waals surface area contributed by atoms with E-state index < -0.39 is 0 Å². The first-order valence-corrected chi connectivity index (χ1v) is 12.3. The fraction of sp³-hybridized carbons (Fsp3) is 0.640. The Bertz CT molecular complexity index is 986. The third-order valence-electron chi connectivity index (χ3n) is 7.02. The zero-order valence-corrected chi connectivity index (χ0v) is 20.2. The third kappa shape index (κ3) is 4.86. The number of rotatable bonds is 6. The topological polar surface area (TPSA) is 104 Å². The molecule has 1 aliphatic heterocycles. The van der Waals surface area contributed by atoms with Crippen LogP contribution in [0.5, 0.6) is 11.5 Å². The molecular weight excluding hydrogens is 418 g/mol. The maximum absolute atomic E-state index is 13.0. The van der Waals surface area contributed by atoms with Crippen molar-refractivity contribution >= 4 is 5.91 Å². The van der Waals surface area contributed by atoms with Gasteiger partial charge in [0.05, 0.1) is 5.56 Å². The fourth-order valence-corrected chi connectivity index (χ4v) is 5.33. The molecule has 1 aromatic heterocycles. The number of aromatic hydroxyl groups is 2. The number of phenols is 2. The summed E-state index contributed by atoms with van der Waals surface area (Å²) in [5, 5.41) is 32.6. The van der Waals surface area contributed by atoms with Crippen LogP contribution in [-0.4, -0.2) is 61.0 Å². The van der Waals surface area contributed by atoms with Crippen LogP contribution in [0.1, 0.15) is 94.4 Å². The van der Waals surface area contributed by atoms with E-state index in [1.165, 1.54) is 32.0 Å². The van der Waals surface area contributed by atoms with Crippen LogP contribution in [0.25, 0.3) is 11.4 Å². The van der Waals surface area contributed by atoms with Crippen molar-refractivity contribution in [2.45, 2.75) is 90.3 Å². The van der Waals surface area contributed by atoms with E-state index in [0.29, 0.717) is 17.4 Å². The van der Waals surface area contributed by atoms with Crippen molar-refractivity contribution in [1.29, 1.82) is 0 Å². The molecule has 2 aliphatic rings. The molecule has 4 rings (SSSR count). The number of hydrogen-bond donors (Lipinski definition) is 3. The third-order valence-corrected chi connectivity index (χ3v) is 7.02. The average molecular weight is 456 g/mol. The van der Waals surface area contributed by atoms with Crippen LogP contribution in [0.2, 0.25) is 0 Å². The predicted octanol–water partition coefficient (Wildman–Crippen LogP) is 4.20. The van der Waals surface area contributed by atoms with Gasteiger partial charge in [-0.1, -0.05) is 13.8 Å². The summed E-state index contributed by atoms with van der Waals surface area (Å²) in [6, 6.07) is 3.80. The summed E-state index contributed by atoms with van der Waals surface area (Å²) >= 11 is 0. The van der Waals surface area contributed by atoms with Gasteiger partial charge in [-0.25, -0.2) is 0 Å². The van der Waals surface area contributed by atoms with Crippen LogP contribution in [-0.2, 0) is 0 Å². The summed E-state index contributed by atoms with van der Waals surface area (Å²) in [6.45, 7) is 10.2. The van der Waals surface area contributed by atoms with E-state index >= 15 is 0 Å². The molecule has 0 unspecified atom stereocenters. The normalized spacial score (nSPS) is 21.8. The standard InChI is InChI=1S/C25H37N5O3/c1-15(2)19-13-20(22(32)14-21(19)31)23-27-28-24(25(33)26-16(3)4)30(23)18-9-7-17(8-10-18)29-11-5-6-12-29/h13-18,31-32H,5-12H2,1-4H3,(H,26,33). The minimum absolute atomic E-state index is 0.0216. The Balaban J connectivity index is 1.71. The monoisotopic (exact) mass is 455 g/mol. The van der Waals surface area contributed by atoms with Crippen molar-refractivity contribution in [2.24, 2.45) is 0 Å². The van der Waals surface area contributed by atoms with Crippen molar-refractivity contribution in [3.8, 4) is 22.9 Å². The van der Waals surface area contributed by atoms with Crippen molar-refractivity contribution in [3.63, 3.8) is 0 Å². The molecule has 1 aromatic carbocycles. The Labute approximate surface area is 196 Å². The first-order chi connectivity index (χ1) is 15.8. The molecule has 1 aliphatic carbocycles. The van der Waals surface area contributed by atoms with Gasteiger partial charge in [0.25, 0.3) is 5.91 Å². The molecule has 0 radical (unpaired) electrons. The van der Waals surface area contributed by atoms with Crippen LogP contribution in [0, 0.1) is 0 Å². The van der Waals surface area contributed by atoms with Gasteiger partial charge in [-0.2, -0.15) is 0 Å². The van der Waals surface area contributed by atoms with Gasteiger partial charge in [0.15, 0.2) is 5.82 Å². The lowest BCUT2D eigenvalue weighted by Crippen LogP contribution is -2.37. The lowest BCUT2D eigenvalue weighted by Gasteiger charge is -2.35. The van der Waals surface area contributed by atoms with E-state index in [0.717, 1.165) is 31.2 Å². The first-order valence-electron chi connectivity index (χ1n) is 12.3. The molecular formula is C25H37N5O3. The number of likely N-dealkylation sites (tertiary alicyclic amines) is 1. The maximum Gasteiger partial charge on any atom is 0.289 e.